The molecule has 1 heterocycles. The first-order valence-electron chi connectivity index (χ1n) is 6.81. The minimum absolute atomic E-state index is 0.103. The summed E-state index contributed by atoms with van der Waals surface area (Å²) >= 11 is 0. The molecular weight excluding hydrogens is 253 g/mol. The van der Waals surface area contributed by atoms with E-state index in [2.05, 4.69) is 12.1 Å². The third kappa shape index (κ3) is 2.72. The van der Waals surface area contributed by atoms with Crippen molar-refractivity contribution in [1.29, 1.82) is 0 Å². The summed E-state index contributed by atoms with van der Waals surface area (Å²) in [5.41, 5.74) is 3.42. The number of rotatable bonds is 2. The van der Waals surface area contributed by atoms with E-state index in [0.717, 1.165) is 18.5 Å². The summed E-state index contributed by atoms with van der Waals surface area (Å²) in [6, 6.07) is 14.4. The Hall–Kier alpha value is -2.16. The molecule has 0 atom stereocenters. The van der Waals surface area contributed by atoms with Crippen molar-refractivity contribution in [1.82, 2.24) is 4.90 Å². The number of benzene rings is 2. The Morgan fingerprint density at radius 1 is 1.05 bits per heavy atom. The van der Waals surface area contributed by atoms with Gasteiger partial charge in [-0.15, -0.1) is 0 Å². The molecule has 0 aromatic heterocycles. The molecule has 0 fully saturated rings. The van der Waals surface area contributed by atoms with Crippen molar-refractivity contribution in [2.24, 2.45) is 0 Å². The molecule has 0 aliphatic carbocycles. The van der Waals surface area contributed by atoms with Crippen LogP contribution in [-0.4, -0.2) is 17.4 Å². The number of hydrogen-bond acceptors (Lipinski definition) is 1. The van der Waals surface area contributed by atoms with E-state index in [1.165, 1.54) is 23.3 Å². The van der Waals surface area contributed by atoms with Crippen LogP contribution in [0.4, 0.5) is 4.39 Å². The van der Waals surface area contributed by atoms with Gasteiger partial charge in [-0.1, -0.05) is 36.4 Å². The molecule has 1 aliphatic heterocycles. The Morgan fingerprint density at radius 2 is 1.75 bits per heavy atom. The molecule has 3 heteroatoms. The highest BCUT2D eigenvalue weighted by Crippen LogP contribution is 2.19. The van der Waals surface area contributed by atoms with Crippen molar-refractivity contribution in [2.75, 3.05) is 6.54 Å². The molecule has 0 radical (unpaired) electrons. The van der Waals surface area contributed by atoms with Gasteiger partial charge in [0, 0.05) is 13.1 Å². The zero-order valence-corrected chi connectivity index (χ0v) is 11.2. The second-order valence-electron chi connectivity index (χ2n) is 5.14. The van der Waals surface area contributed by atoms with Crippen molar-refractivity contribution < 1.29 is 9.18 Å². The Kier molecular flexibility index (Phi) is 3.50. The largest absolute Gasteiger partial charge is 0.338 e. The van der Waals surface area contributed by atoms with Crippen LogP contribution in [0.2, 0.25) is 0 Å². The molecule has 0 saturated carbocycles. The van der Waals surface area contributed by atoms with Gasteiger partial charge in [-0.25, -0.2) is 4.39 Å². The maximum absolute atomic E-state index is 12.8. The van der Waals surface area contributed by atoms with Crippen LogP contribution in [0.3, 0.4) is 0 Å². The molecule has 3 rings (SSSR count). The summed E-state index contributed by atoms with van der Waals surface area (Å²) in [4.78, 5) is 14.2. The van der Waals surface area contributed by atoms with E-state index >= 15 is 0 Å². The molecule has 0 saturated heterocycles. The van der Waals surface area contributed by atoms with Crippen LogP contribution < -0.4 is 0 Å². The Balaban J connectivity index is 1.68. The third-order valence-corrected chi connectivity index (χ3v) is 3.75. The molecule has 102 valence electrons. The fraction of sp³-hybridized carbons (Fsp3) is 0.235. The van der Waals surface area contributed by atoms with Gasteiger partial charge in [0.15, 0.2) is 0 Å². The highest BCUT2D eigenvalue weighted by Gasteiger charge is 2.20. The molecule has 2 aromatic rings. The molecule has 0 bridgehead atoms. The molecule has 0 N–H and O–H groups in total. The zero-order chi connectivity index (χ0) is 13.9. The quantitative estimate of drug-likeness (QED) is 0.821. The lowest BCUT2D eigenvalue weighted by atomic mass is 9.99. The van der Waals surface area contributed by atoms with E-state index in [1.54, 1.807) is 12.1 Å². The average molecular weight is 269 g/mol. The monoisotopic (exact) mass is 269 g/mol. The average Bonchev–Trinajstić information content (AvgIpc) is 2.49. The zero-order valence-electron chi connectivity index (χ0n) is 11.2. The van der Waals surface area contributed by atoms with Gasteiger partial charge in [-0.2, -0.15) is 0 Å². The fourth-order valence-electron chi connectivity index (χ4n) is 2.60. The van der Waals surface area contributed by atoms with E-state index in [0.29, 0.717) is 13.0 Å². The fourth-order valence-corrected chi connectivity index (χ4v) is 2.60. The van der Waals surface area contributed by atoms with Crippen LogP contribution >= 0.6 is 0 Å². The smallest absolute Gasteiger partial charge is 0.227 e. The molecule has 2 aromatic carbocycles. The molecule has 2 nitrogen and oxygen atoms in total. The van der Waals surface area contributed by atoms with Crippen molar-refractivity contribution in [2.45, 2.75) is 19.4 Å². The first kappa shape index (κ1) is 12.9. The number of nitrogens with zero attached hydrogens (tertiary/aromatic N) is 1. The van der Waals surface area contributed by atoms with E-state index in [1.807, 2.05) is 17.0 Å². The second-order valence-corrected chi connectivity index (χ2v) is 5.14. The number of carbonyl (C=O) groups excluding carboxylic acids is 1. The highest BCUT2D eigenvalue weighted by molar-refractivity contribution is 5.79. The summed E-state index contributed by atoms with van der Waals surface area (Å²) < 4.78 is 12.8. The first-order valence-corrected chi connectivity index (χ1v) is 6.81. The Bertz CT molecular complexity index is 621. The number of halogens is 1. The van der Waals surface area contributed by atoms with Gasteiger partial charge in [0.05, 0.1) is 6.42 Å². The van der Waals surface area contributed by atoms with Gasteiger partial charge in [0.25, 0.3) is 0 Å². The summed E-state index contributed by atoms with van der Waals surface area (Å²) in [6.07, 6.45) is 1.24. The summed E-state index contributed by atoms with van der Waals surface area (Å²) in [5.74, 6) is -0.167. The highest BCUT2D eigenvalue weighted by atomic mass is 19.1. The van der Waals surface area contributed by atoms with E-state index < -0.39 is 0 Å². The molecule has 1 amide bonds. The lowest BCUT2D eigenvalue weighted by Gasteiger charge is -2.29. The molecule has 0 spiro atoms. The number of hydrogen-bond donors (Lipinski definition) is 0. The molecule has 0 unspecified atom stereocenters. The summed E-state index contributed by atoms with van der Waals surface area (Å²) in [7, 11) is 0. The first-order chi connectivity index (χ1) is 9.72. The van der Waals surface area contributed by atoms with Crippen LogP contribution in [-0.2, 0) is 24.2 Å². The van der Waals surface area contributed by atoms with Gasteiger partial charge in [-0.3, -0.25) is 4.79 Å². The molecular formula is C17H16FNO. The third-order valence-electron chi connectivity index (χ3n) is 3.75. The van der Waals surface area contributed by atoms with Crippen molar-refractivity contribution in [3.63, 3.8) is 0 Å². The van der Waals surface area contributed by atoms with Crippen molar-refractivity contribution in [3.8, 4) is 0 Å². The topological polar surface area (TPSA) is 20.3 Å². The lowest BCUT2D eigenvalue weighted by Crippen LogP contribution is -2.36. The standard InChI is InChI=1S/C17H16FNO/c18-16-7-5-13(6-8-16)11-17(20)19-10-9-14-3-1-2-4-15(14)12-19/h1-8H,9-12H2. The minimum atomic E-state index is -0.270. The van der Waals surface area contributed by atoms with Crippen molar-refractivity contribution >= 4 is 5.91 Å². The summed E-state index contributed by atoms with van der Waals surface area (Å²) in [5, 5.41) is 0. The maximum atomic E-state index is 12.8. The minimum Gasteiger partial charge on any atom is -0.338 e. The predicted octanol–water partition coefficient (Wildman–Crippen LogP) is 2.95. The summed E-state index contributed by atoms with van der Waals surface area (Å²) in [6.45, 7) is 1.44. The van der Waals surface area contributed by atoms with E-state index in [4.69, 9.17) is 0 Å². The van der Waals surface area contributed by atoms with Gasteiger partial charge >= 0.3 is 0 Å². The predicted molar refractivity (Wildman–Crippen MR) is 75.7 cm³/mol. The van der Waals surface area contributed by atoms with Gasteiger partial charge in [0.1, 0.15) is 5.82 Å². The van der Waals surface area contributed by atoms with Crippen LogP contribution in [0.15, 0.2) is 48.5 Å². The van der Waals surface area contributed by atoms with Crippen molar-refractivity contribution in [3.05, 3.63) is 71.0 Å². The maximum Gasteiger partial charge on any atom is 0.227 e. The Morgan fingerprint density at radius 3 is 2.50 bits per heavy atom. The van der Waals surface area contributed by atoms with E-state index in [9.17, 15) is 9.18 Å². The van der Waals surface area contributed by atoms with Gasteiger partial charge in [-0.05, 0) is 35.2 Å². The van der Waals surface area contributed by atoms with E-state index in [-0.39, 0.29) is 11.7 Å². The normalized spacial score (nSPS) is 13.9. The van der Waals surface area contributed by atoms with Crippen LogP contribution in [0.25, 0.3) is 0 Å². The SMILES string of the molecule is O=C(Cc1ccc(F)cc1)N1CCc2ccccc2C1. The number of amides is 1. The lowest BCUT2D eigenvalue weighted by molar-refractivity contribution is -0.131. The van der Waals surface area contributed by atoms with Crippen LogP contribution in [0.1, 0.15) is 16.7 Å². The molecule has 1 aliphatic rings. The second kappa shape index (κ2) is 5.45. The molecule has 20 heavy (non-hydrogen) atoms. The number of carbonyl (C=O) groups is 1. The van der Waals surface area contributed by atoms with Crippen LogP contribution in [0.5, 0.6) is 0 Å². The Labute approximate surface area is 117 Å². The number of fused-ring (bicyclic) bond motifs is 1. The van der Waals surface area contributed by atoms with Gasteiger partial charge < -0.3 is 4.90 Å². The van der Waals surface area contributed by atoms with Crippen LogP contribution in [0, 0.1) is 5.82 Å². The van der Waals surface area contributed by atoms with Gasteiger partial charge in [0.2, 0.25) is 5.91 Å².